The van der Waals surface area contributed by atoms with Crippen LogP contribution >= 0.6 is 0 Å². The highest BCUT2D eigenvalue weighted by Gasteiger charge is 2.26. The van der Waals surface area contributed by atoms with Crippen molar-refractivity contribution < 1.29 is 0 Å². The quantitative estimate of drug-likeness (QED) is 0.563. The Morgan fingerprint density at radius 3 is 2.90 bits per heavy atom. The van der Waals surface area contributed by atoms with Gasteiger partial charge in [-0.3, -0.25) is 4.98 Å². The molecule has 1 aliphatic heterocycles. The van der Waals surface area contributed by atoms with Crippen molar-refractivity contribution in [3.8, 4) is 11.4 Å². The predicted molar refractivity (Wildman–Crippen MR) is 114 cm³/mol. The molecule has 6 rings (SSSR count). The summed E-state index contributed by atoms with van der Waals surface area (Å²) >= 11 is 0. The number of fused-ring (bicyclic) bond motifs is 1. The van der Waals surface area contributed by atoms with Gasteiger partial charge in [-0.2, -0.15) is 0 Å². The number of aromatic amines is 1. The Labute approximate surface area is 168 Å². The highest BCUT2D eigenvalue weighted by Crippen LogP contribution is 2.38. The number of hydrogen-bond donors (Lipinski definition) is 1. The predicted octanol–water partition coefficient (Wildman–Crippen LogP) is 4.57. The summed E-state index contributed by atoms with van der Waals surface area (Å²) in [5.74, 6) is 0.955. The van der Waals surface area contributed by atoms with Crippen LogP contribution in [0.3, 0.4) is 0 Å². The minimum atomic E-state index is 0.564. The van der Waals surface area contributed by atoms with Crippen LogP contribution in [0, 0.1) is 0 Å². The van der Waals surface area contributed by atoms with Gasteiger partial charge in [-0.1, -0.05) is 18.2 Å². The van der Waals surface area contributed by atoms with Crippen molar-refractivity contribution in [3.63, 3.8) is 0 Å². The lowest BCUT2D eigenvalue weighted by Gasteiger charge is -2.23. The molecule has 0 amide bonds. The zero-order chi connectivity index (χ0) is 19.2. The maximum Gasteiger partial charge on any atom is 0.164 e. The van der Waals surface area contributed by atoms with Crippen LogP contribution in [0.1, 0.15) is 24.4 Å². The number of allylic oxidation sites excluding steroid dienone is 2. The molecule has 3 aromatic heterocycles. The third kappa shape index (κ3) is 2.93. The minimum Gasteiger partial charge on any atom is -0.360 e. The third-order valence-electron chi connectivity index (χ3n) is 5.62. The number of benzene rings is 1. The van der Waals surface area contributed by atoms with Gasteiger partial charge in [-0.25, -0.2) is 0 Å². The molecule has 29 heavy (non-hydrogen) atoms. The molecule has 1 aliphatic carbocycles. The third-order valence-corrected chi connectivity index (χ3v) is 5.62. The van der Waals surface area contributed by atoms with E-state index in [1.54, 1.807) is 0 Å². The van der Waals surface area contributed by atoms with Crippen LogP contribution in [-0.2, 0) is 0 Å². The van der Waals surface area contributed by atoms with Crippen LogP contribution in [-0.4, -0.2) is 31.3 Å². The number of anilines is 1. The van der Waals surface area contributed by atoms with Crippen LogP contribution in [0.25, 0.3) is 28.0 Å². The van der Waals surface area contributed by atoms with E-state index in [9.17, 15) is 0 Å². The molecule has 142 valence electrons. The fourth-order valence-corrected chi connectivity index (χ4v) is 3.89. The Kier molecular flexibility index (Phi) is 3.62. The molecule has 1 fully saturated rings. The lowest BCUT2D eigenvalue weighted by atomic mass is 10.0. The molecule has 0 bridgehead atoms. The van der Waals surface area contributed by atoms with Crippen molar-refractivity contribution in [2.45, 2.75) is 18.9 Å². The molecule has 0 radical (unpaired) electrons. The van der Waals surface area contributed by atoms with Crippen molar-refractivity contribution >= 4 is 22.3 Å². The maximum absolute atomic E-state index is 4.53. The van der Waals surface area contributed by atoms with Crippen LogP contribution in [0.2, 0.25) is 0 Å². The van der Waals surface area contributed by atoms with Gasteiger partial charge >= 0.3 is 0 Å². The van der Waals surface area contributed by atoms with Gasteiger partial charge in [-0.05, 0) is 48.8 Å². The van der Waals surface area contributed by atoms with E-state index < -0.39 is 0 Å². The summed E-state index contributed by atoms with van der Waals surface area (Å²) in [4.78, 5) is 10.0. The standard InChI is InChI=1S/C23H20N6/c1-2-17(23-27-26-15-29(23)19-4-5-19)12-20(3-1)28-10-7-16(8-11-28)18-13-22-21(25-14-18)6-9-24-22/h1-3,6-10,12-15,19,24H,4-5,11H2. The average molecular weight is 380 g/mol. The molecule has 6 nitrogen and oxygen atoms in total. The highest BCUT2D eigenvalue weighted by molar-refractivity contribution is 5.83. The lowest BCUT2D eigenvalue weighted by Crippen LogP contribution is -2.18. The molecule has 0 unspecified atom stereocenters. The molecule has 6 heteroatoms. The van der Waals surface area contributed by atoms with E-state index in [0.29, 0.717) is 6.04 Å². The number of rotatable bonds is 4. The molecule has 0 spiro atoms. The molecule has 4 aromatic rings. The van der Waals surface area contributed by atoms with Gasteiger partial charge in [0.2, 0.25) is 0 Å². The Bertz CT molecular complexity index is 1260. The normalized spacial score (nSPS) is 16.4. The first-order chi connectivity index (χ1) is 14.3. The van der Waals surface area contributed by atoms with E-state index in [1.807, 2.05) is 24.8 Å². The topological polar surface area (TPSA) is 62.6 Å². The zero-order valence-corrected chi connectivity index (χ0v) is 15.9. The summed E-state index contributed by atoms with van der Waals surface area (Å²) in [6.45, 7) is 0.813. The number of hydrogen-bond acceptors (Lipinski definition) is 4. The van der Waals surface area contributed by atoms with E-state index in [0.717, 1.165) is 40.2 Å². The van der Waals surface area contributed by atoms with Crippen LogP contribution < -0.4 is 4.90 Å². The molecular formula is C23H20N6. The SMILES string of the molecule is C1=CN(c2cccc(-c3nncn3C3CC3)c2)CC=C1c1cnc2cc[nH]c2c1. The molecule has 2 aliphatic rings. The lowest BCUT2D eigenvalue weighted by molar-refractivity contribution is 0.746. The smallest absolute Gasteiger partial charge is 0.164 e. The minimum absolute atomic E-state index is 0.564. The molecule has 1 aromatic carbocycles. The van der Waals surface area contributed by atoms with Gasteiger partial charge < -0.3 is 14.5 Å². The van der Waals surface area contributed by atoms with Gasteiger partial charge in [0, 0.05) is 48.0 Å². The summed E-state index contributed by atoms with van der Waals surface area (Å²) in [6, 6.07) is 13.2. The van der Waals surface area contributed by atoms with Crippen molar-refractivity contribution in [3.05, 3.63) is 79.0 Å². The second-order valence-corrected chi connectivity index (χ2v) is 7.61. The average Bonchev–Trinajstić information content (AvgIpc) is 3.31. The van der Waals surface area contributed by atoms with E-state index >= 15 is 0 Å². The molecule has 0 saturated heterocycles. The summed E-state index contributed by atoms with van der Waals surface area (Å²) in [6.07, 6.45) is 14.7. The molecule has 1 N–H and O–H groups in total. The molecular weight excluding hydrogens is 360 g/mol. The van der Waals surface area contributed by atoms with Crippen LogP contribution in [0.15, 0.2) is 73.5 Å². The van der Waals surface area contributed by atoms with E-state index in [4.69, 9.17) is 0 Å². The van der Waals surface area contributed by atoms with Crippen molar-refractivity contribution in [2.24, 2.45) is 0 Å². The Hall–Kier alpha value is -3.67. The van der Waals surface area contributed by atoms with Crippen molar-refractivity contribution in [1.82, 2.24) is 24.7 Å². The maximum atomic E-state index is 4.53. The number of nitrogens with zero attached hydrogens (tertiary/aromatic N) is 5. The van der Waals surface area contributed by atoms with E-state index in [-0.39, 0.29) is 0 Å². The van der Waals surface area contributed by atoms with Gasteiger partial charge in [0.25, 0.3) is 0 Å². The van der Waals surface area contributed by atoms with Crippen LogP contribution in [0.5, 0.6) is 0 Å². The Morgan fingerprint density at radius 1 is 1.07 bits per heavy atom. The van der Waals surface area contributed by atoms with Gasteiger partial charge in [0.15, 0.2) is 5.82 Å². The first kappa shape index (κ1) is 16.3. The van der Waals surface area contributed by atoms with Gasteiger partial charge in [0.05, 0.1) is 11.0 Å². The fourth-order valence-electron chi connectivity index (χ4n) is 3.89. The number of pyridine rings is 1. The van der Waals surface area contributed by atoms with E-state index in [2.05, 4.69) is 78.3 Å². The fraction of sp³-hybridized carbons (Fsp3) is 0.174. The largest absolute Gasteiger partial charge is 0.360 e. The second kappa shape index (κ2) is 6.44. The Balaban J connectivity index is 1.26. The highest BCUT2D eigenvalue weighted by atomic mass is 15.3. The summed E-state index contributed by atoms with van der Waals surface area (Å²) in [5.41, 5.74) is 6.63. The second-order valence-electron chi connectivity index (χ2n) is 7.61. The zero-order valence-electron chi connectivity index (χ0n) is 15.9. The summed E-state index contributed by atoms with van der Waals surface area (Å²) in [7, 11) is 0. The van der Waals surface area contributed by atoms with Crippen molar-refractivity contribution in [2.75, 3.05) is 11.4 Å². The van der Waals surface area contributed by atoms with Crippen LogP contribution in [0.4, 0.5) is 5.69 Å². The van der Waals surface area contributed by atoms with Gasteiger partial charge in [-0.15, -0.1) is 10.2 Å². The van der Waals surface area contributed by atoms with Gasteiger partial charge in [0.1, 0.15) is 6.33 Å². The van der Waals surface area contributed by atoms with Crippen molar-refractivity contribution in [1.29, 1.82) is 0 Å². The number of H-pyrrole nitrogens is 1. The first-order valence-corrected chi connectivity index (χ1v) is 9.94. The summed E-state index contributed by atoms with van der Waals surface area (Å²) in [5, 5.41) is 8.49. The molecule has 1 saturated carbocycles. The summed E-state index contributed by atoms with van der Waals surface area (Å²) < 4.78 is 2.20. The number of nitrogens with one attached hydrogen (secondary N) is 1. The molecule has 4 heterocycles. The first-order valence-electron chi connectivity index (χ1n) is 9.94. The molecule has 0 atom stereocenters. The number of aromatic nitrogens is 5. The van der Waals surface area contributed by atoms with E-state index in [1.165, 1.54) is 18.4 Å². The Morgan fingerprint density at radius 2 is 2.03 bits per heavy atom. The monoisotopic (exact) mass is 380 g/mol.